The van der Waals surface area contributed by atoms with Crippen LogP contribution in [0.2, 0.25) is 0 Å². The minimum absolute atomic E-state index is 0.0926. The maximum Gasteiger partial charge on any atom is 0.0533 e. The maximum atomic E-state index is 6.20. The van der Waals surface area contributed by atoms with Crippen molar-refractivity contribution in [2.45, 2.75) is 38.0 Å². The standard InChI is InChI=1S/C7H14ClI/c1-3-5-7(8,4-2)6-9/h3-6H2,1-2H3. The minimum Gasteiger partial charge on any atom is -0.118 e. The molecule has 0 spiro atoms. The van der Waals surface area contributed by atoms with Gasteiger partial charge in [-0.3, -0.25) is 0 Å². The van der Waals surface area contributed by atoms with Crippen LogP contribution in [0.5, 0.6) is 0 Å². The first kappa shape index (κ1) is 10.0. The molecule has 0 nitrogen and oxygen atoms in total. The van der Waals surface area contributed by atoms with Gasteiger partial charge < -0.3 is 0 Å². The van der Waals surface area contributed by atoms with E-state index in [0.29, 0.717) is 0 Å². The Bertz CT molecular complexity index is 69.3. The van der Waals surface area contributed by atoms with Crippen LogP contribution in [-0.2, 0) is 0 Å². The van der Waals surface area contributed by atoms with Crippen LogP contribution in [0.4, 0.5) is 0 Å². The largest absolute Gasteiger partial charge is 0.118 e. The normalized spacial score (nSPS) is 17.3. The first-order valence-electron chi connectivity index (χ1n) is 3.43. The molecule has 0 saturated heterocycles. The van der Waals surface area contributed by atoms with Gasteiger partial charge in [0, 0.05) is 4.43 Å². The second kappa shape index (κ2) is 4.78. The molecule has 0 rings (SSSR count). The maximum absolute atomic E-state index is 6.20. The van der Waals surface area contributed by atoms with Crippen molar-refractivity contribution in [2.24, 2.45) is 0 Å². The lowest BCUT2D eigenvalue weighted by Gasteiger charge is -2.21. The molecule has 0 radical (unpaired) electrons. The van der Waals surface area contributed by atoms with E-state index < -0.39 is 0 Å². The lowest BCUT2D eigenvalue weighted by molar-refractivity contribution is 0.563. The summed E-state index contributed by atoms with van der Waals surface area (Å²) >= 11 is 8.56. The van der Waals surface area contributed by atoms with Crippen molar-refractivity contribution in [2.75, 3.05) is 4.43 Å². The second-order valence-corrected chi connectivity index (χ2v) is 3.95. The van der Waals surface area contributed by atoms with Gasteiger partial charge in [0.1, 0.15) is 0 Å². The van der Waals surface area contributed by atoms with Gasteiger partial charge in [-0.25, -0.2) is 0 Å². The molecule has 1 atom stereocenters. The number of hydrogen-bond acceptors (Lipinski definition) is 0. The molecular formula is C7H14ClI. The summed E-state index contributed by atoms with van der Waals surface area (Å²) in [5.41, 5.74) is 0. The van der Waals surface area contributed by atoms with Crippen LogP contribution in [0, 0.1) is 0 Å². The van der Waals surface area contributed by atoms with Gasteiger partial charge in [-0.15, -0.1) is 11.6 Å². The summed E-state index contributed by atoms with van der Waals surface area (Å²) in [5.74, 6) is 0. The first-order valence-corrected chi connectivity index (χ1v) is 5.33. The van der Waals surface area contributed by atoms with E-state index in [1.807, 2.05) is 0 Å². The van der Waals surface area contributed by atoms with Crippen LogP contribution in [0.3, 0.4) is 0 Å². The Morgan fingerprint density at radius 2 is 2.00 bits per heavy atom. The molecule has 0 fully saturated rings. The van der Waals surface area contributed by atoms with Crippen LogP contribution < -0.4 is 0 Å². The van der Waals surface area contributed by atoms with Crippen molar-refractivity contribution < 1.29 is 0 Å². The topological polar surface area (TPSA) is 0 Å². The highest BCUT2D eigenvalue weighted by molar-refractivity contribution is 14.1. The summed E-state index contributed by atoms with van der Waals surface area (Å²) in [5, 5.41) is 0. The van der Waals surface area contributed by atoms with E-state index in [0.717, 1.165) is 17.3 Å². The Balaban J connectivity index is 3.62. The fourth-order valence-electron chi connectivity index (χ4n) is 0.786. The Kier molecular flexibility index (Phi) is 5.32. The average Bonchev–Trinajstić information content (AvgIpc) is 1.89. The molecule has 0 aromatic rings. The molecule has 0 aromatic carbocycles. The third kappa shape index (κ3) is 3.66. The van der Waals surface area contributed by atoms with E-state index >= 15 is 0 Å². The Labute approximate surface area is 76.5 Å². The quantitative estimate of drug-likeness (QED) is 0.535. The predicted molar refractivity (Wildman–Crippen MR) is 52.7 cm³/mol. The highest BCUT2D eigenvalue weighted by atomic mass is 127. The van der Waals surface area contributed by atoms with Crippen molar-refractivity contribution >= 4 is 34.2 Å². The molecular weight excluding hydrogens is 246 g/mol. The van der Waals surface area contributed by atoms with Gasteiger partial charge in [-0.1, -0.05) is 42.9 Å². The highest BCUT2D eigenvalue weighted by Gasteiger charge is 2.21. The number of rotatable bonds is 4. The molecule has 0 aliphatic rings. The summed E-state index contributed by atoms with van der Waals surface area (Å²) in [6.07, 6.45) is 3.43. The lowest BCUT2D eigenvalue weighted by atomic mass is 10.0. The zero-order chi connectivity index (χ0) is 7.33. The fraction of sp³-hybridized carbons (Fsp3) is 1.00. The van der Waals surface area contributed by atoms with Crippen molar-refractivity contribution in [3.05, 3.63) is 0 Å². The van der Waals surface area contributed by atoms with E-state index in [4.69, 9.17) is 11.6 Å². The molecule has 2 heteroatoms. The van der Waals surface area contributed by atoms with E-state index in [9.17, 15) is 0 Å². The van der Waals surface area contributed by atoms with Crippen LogP contribution in [-0.4, -0.2) is 9.30 Å². The number of halogens is 2. The number of hydrogen-bond donors (Lipinski definition) is 0. The molecule has 0 amide bonds. The summed E-state index contributed by atoms with van der Waals surface area (Å²) < 4.78 is 1.07. The Hall–Kier alpha value is 1.02. The second-order valence-electron chi connectivity index (χ2n) is 2.39. The average molecular weight is 261 g/mol. The molecule has 0 saturated carbocycles. The number of alkyl halides is 2. The van der Waals surface area contributed by atoms with Crippen LogP contribution in [0.1, 0.15) is 33.1 Å². The van der Waals surface area contributed by atoms with Gasteiger partial charge in [0.15, 0.2) is 0 Å². The fourth-order valence-corrected chi connectivity index (χ4v) is 1.90. The van der Waals surface area contributed by atoms with Gasteiger partial charge in [0.2, 0.25) is 0 Å². The minimum atomic E-state index is 0.0926. The van der Waals surface area contributed by atoms with Crippen LogP contribution >= 0.6 is 34.2 Å². The molecule has 0 aliphatic heterocycles. The van der Waals surface area contributed by atoms with Crippen molar-refractivity contribution in [1.29, 1.82) is 0 Å². The molecule has 56 valence electrons. The molecule has 0 aromatic heterocycles. The molecule has 0 aliphatic carbocycles. The van der Waals surface area contributed by atoms with E-state index in [2.05, 4.69) is 36.4 Å². The zero-order valence-corrected chi connectivity index (χ0v) is 9.00. The van der Waals surface area contributed by atoms with E-state index in [1.165, 1.54) is 6.42 Å². The van der Waals surface area contributed by atoms with Crippen molar-refractivity contribution in [3.63, 3.8) is 0 Å². The lowest BCUT2D eigenvalue weighted by Crippen LogP contribution is -2.21. The monoisotopic (exact) mass is 260 g/mol. The molecule has 0 bridgehead atoms. The van der Waals surface area contributed by atoms with E-state index in [1.54, 1.807) is 0 Å². The molecule has 0 heterocycles. The third-order valence-corrected chi connectivity index (χ3v) is 4.07. The molecule has 0 N–H and O–H groups in total. The summed E-state index contributed by atoms with van der Waals surface area (Å²) in [4.78, 5) is 0.0926. The Morgan fingerprint density at radius 1 is 1.44 bits per heavy atom. The summed E-state index contributed by atoms with van der Waals surface area (Å²) in [7, 11) is 0. The summed E-state index contributed by atoms with van der Waals surface area (Å²) in [6.45, 7) is 4.33. The van der Waals surface area contributed by atoms with Crippen molar-refractivity contribution in [3.8, 4) is 0 Å². The molecule has 1 unspecified atom stereocenters. The van der Waals surface area contributed by atoms with Crippen LogP contribution in [0.25, 0.3) is 0 Å². The predicted octanol–water partition coefficient (Wildman–Crippen LogP) is 3.61. The van der Waals surface area contributed by atoms with Gasteiger partial charge in [-0.05, 0) is 12.8 Å². The SMILES string of the molecule is CCCC(Cl)(CC)CI. The smallest absolute Gasteiger partial charge is 0.0533 e. The van der Waals surface area contributed by atoms with Crippen molar-refractivity contribution in [1.82, 2.24) is 0 Å². The van der Waals surface area contributed by atoms with Crippen LogP contribution in [0.15, 0.2) is 0 Å². The van der Waals surface area contributed by atoms with Gasteiger partial charge in [0.05, 0.1) is 4.87 Å². The van der Waals surface area contributed by atoms with Gasteiger partial charge in [-0.2, -0.15) is 0 Å². The summed E-state index contributed by atoms with van der Waals surface area (Å²) in [6, 6.07) is 0. The molecule has 9 heavy (non-hydrogen) atoms. The van der Waals surface area contributed by atoms with Gasteiger partial charge >= 0.3 is 0 Å². The first-order chi connectivity index (χ1) is 4.18. The third-order valence-electron chi connectivity index (χ3n) is 1.57. The zero-order valence-electron chi connectivity index (χ0n) is 6.08. The van der Waals surface area contributed by atoms with E-state index in [-0.39, 0.29) is 4.87 Å². The Morgan fingerprint density at radius 3 is 2.11 bits per heavy atom. The highest BCUT2D eigenvalue weighted by Crippen LogP contribution is 2.27. The van der Waals surface area contributed by atoms with Gasteiger partial charge in [0.25, 0.3) is 0 Å².